The van der Waals surface area contributed by atoms with Crippen LogP contribution in [0.3, 0.4) is 0 Å². The Morgan fingerprint density at radius 2 is 2.25 bits per heavy atom. The second kappa shape index (κ2) is 4.38. The molecule has 0 amide bonds. The predicted molar refractivity (Wildman–Crippen MR) is 38.8 cm³/mol. The van der Waals surface area contributed by atoms with Gasteiger partial charge in [0.15, 0.2) is 0 Å². The summed E-state index contributed by atoms with van der Waals surface area (Å²) in [5.74, 6) is 0. The van der Waals surface area contributed by atoms with E-state index in [0.717, 1.165) is 12.0 Å². The lowest BCUT2D eigenvalue weighted by Crippen LogP contribution is -1.65. The van der Waals surface area contributed by atoms with Gasteiger partial charge in [-0.1, -0.05) is 43.9 Å². The van der Waals surface area contributed by atoms with Crippen LogP contribution in [-0.2, 0) is 0 Å². The van der Waals surface area contributed by atoms with Gasteiger partial charge in [0.1, 0.15) is 0 Å². The molecule has 44 valence electrons. The highest BCUT2D eigenvalue weighted by molar-refractivity contribution is 5.17. The van der Waals surface area contributed by atoms with E-state index < -0.39 is 0 Å². The van der Waals surface area contributed by atoms with Gasteiger partial charge in [-0.15, -0.1) is 0 Å². The van der Waals surface area contributed by atoms with Gasteiger partial charge in [0.05, 0.1) is 0 Å². The summed E-state index contributed by atoms with van der Waals surface area (Å²) in [6.45, 7) is 9.39. The monoisotopic (exact) mass is 108 g/mol. The summed E-state index contributed by atoms with van der Waals surface area (Å²) in [7, 11) is 0. The number of hydrogen-bond donors (Lipinski definition) is 0. The number of rotatable bonds is 3. The van der Waals surface area contributed by atoms with Gasteiger partial charge >= 0.3 is 0 Å². The lowest BCUT2D eigenvalue weighted by atomic mass is 10.2. The van der Waals surface area contributed by atoms with E-state index in [1.165, 1.54) is 0 Å². The highest BCUT2D eigenvalue weighted by atomic mass is 13.8. The highest BCUT2D eigenvalue weighted by Gasteiger charge is 1.75. The molecule has 0 saturated carbocycles. The molecule has 0 saturated heterocycles. The smallest absolute Gasteiger partial charge is 0.0313 e. The Kier molecular flexibility index (Phi) is 3.95. The first-order valence-electron chi connectivity index (χ1n) is 2.78. The first-order valence-corrected chi connectivity index (χ1v) is 2.78. The van der Waals surface area contributed by atoms with E-state index >= 15 is 0 Å². The summed E-state index contributed by atoms with van der Waals surface area (Å²) in [5.41, 5.74) is 1.14. The summed E-state index contributed by atoms with van der Waals surface area (Å²) in [4.78, 5) is 0. The fraction of sp³-hybridized carbons (Fsp3) is 0.250. The normalized spacial score (nSPS) is 9.62. The van der Waals surface area contributed by atoms with E-state index in [-0.39, 0.29) is 0 Å². The third-order valence-electron chi connectivity index (χ3n) is 0.922. The molecule has 0 heterocycles. The molecule has 0 radical (unpaired) electrons. The molecule has 0 unspecified atom stereocenters. The molecule has 0 fully saturated rings. The van der Waals surface area contributed by atoms with Crippen LogP contribution in [0.4, 0.5) is 0 Å². The van der Waals surface area contributed by atoms with E-state index in [2.05, 4.69) is 20.1 Å². The summed E-state index contributed by atoms with van der Waals surface area (Å²) < 4.78 is 0. The molecule has 0 spiro atoms. The third-order valence-corrected chi connectivity index (χ3v) is 0.922. The van der Waals surface area contributed by atoms with Crippen molar-refractivity contribution in [3.05, 3.63) is 37.0 Å². The Hall–Kier alpha value is -0.780. The average Bonchev–Trinajstić information content (AvgIpc) is 1.83. The molecule has 0 bridgehead atoms. The number of allylic oxidation sites excluding steroid dienone is 4. The van der Waals surface area contributed by atoms with Crippen molar-refractivity contribution in [3.63, 3.8) is 0 Å². The van der Waals surface area contributed by atoms with Crippen molar-refractivity contribution in [2.75, 3.05) is 0 Å². The van der Waals surface area contributed by atoms with Gasteiger partial charge in [-0.05, 0) is 6.42 Å². The number of hydrogen-bond acceptors (Lipinski definition) is 0. The Bertz CT molecular complexity index is 107. The first kappa shape index (κ1) is 7.22. The van der Waals surface area contributed by atoms with Crippen LogP contribution in [0.15, 0.2) is 37.0 Å². The SMILES string of the molecule is C=C/C=C\C(=C)CC. The van der Waals surface area contributed by atoms with Crippen LogP contribution < -0.4 is 0 Å². The molecule has 8 heavy (non-hydrogen) atoms. The summed E-state index contributed by atoms with van der Waals surface area (Å²) in [5, 5.41) is 0. The van der Waals surface area contributed by atoms with Crippen molar-refractivity contribution in [2.24, 2.45) is 0 Å². The van der Waals surface area contributed by atoms with Gasteiger partial charge in [0.2, 0.25) is 0 Å². The molecule has 0 aliphatic carbocycles. The maximum absolute atomic E-state index is 3.78. The fourth-order valence-corrected chi connectivity index (χ4v) is 0.322. The van der Waals surface area contributed by atoms with Gasteiger partial charge in [-0.2, -0.15) is 0 Å². The van der Waals surface area contributed by atoms with Gasteiger partial charge in [0, 0.05) is 0 Å². The van der Waals surface area contributed by atoms with Crippen LogP contribution in [0.1, 0.15) is 13.3 Å². The van der Waals surface area contributed by atoms with Gasteiger partial charge < -0.3 is 0 Å². The van der Waals surface area contributed by atoms with Gasteiger partial charge in [-0.25, -0.2) is 0 Å². The molecule has 0 aromatic heterocycles. The first-order chi connectivity index (χ1) is 3.81. The Balaban J connectivity index is 3.52. The second-order valence-corrected chi connectivity index (χ2v) is 1.61. The van der Waals surface area contributed by atoms with Gasteiger partial charge in [-0.3, -0.25) is 0 Å². The van der Waals surface area contributed by atoms with Crippen molar-refractivity contribution < 1.29 is 0 Å². The van der Waals surface area contributed by atoms with E-state index in [1.54, 1.807) is 6.08 Å². The average molecular weight is 108 g/mol. The minimum atomic E-state index is 1.02. The maximum atomic E-state index is 3.78. The predicted octanol–water partition coefficient (Wildman–Crippen LogP) is 2.69. The topological polar surface area (TPSA) is 0 Å². The molecule has 0 aliphatic rings. The molecule has 0 aromatic rings. The maximum Gasteiger partial charge on any atom is -0.0313 e. The van der Waals surface area contributed by atoms with Crippen molar-refractivity contribution in [1.82, 2.24) is 0 Å². The Labute approximate surface area is 51.2 Å². The molecule has 0 heteroatoms. The van der Waals surface area contributed by atoms with Crippen LogP contribution in [-0.4, -0.2) is 0 Å². The Morgan fingerprint density at radius 3 is 2.62 bits per heavy atom. The minimum absolute atomic E-state index is 1.02. The van der Waals surface area contributed by atoms with Crippen LogP contribution in [0.2, 0.25) is 0 Å². The molecular weight excluding hydrogens is 96.1 g/mol. The second-order valence-electron chi connectivity index (χ2n) is 1.61. The third kappa shape index (κ3) is 3.41. The molecular formula is C8H12. The van der Waals surface area contributed by atoms with Crippen molar-refractivity contribution in [1.29, 1.82) is 0 Å². The quantitative estimate of drug-likeness (QED) is 0.487. The zero-order valence-corrected chi connectivity index (χ0v) is 5.35. The molecule has 0 aromatic carbocycles. The lowest BCUT2D eigenvalue weighted by molar-refractivity contribution is 1.16. The molecule has 0 aliphatic heterocycles. The summed E-state index contributed by atoms with van der Waals surface area (Å²) in [6.07, 6.45) is 6.63. The van der Waals surface area contributed by atoms with Crippen LogP contribution >= 0.6 is 0 Å². The van der Waals surface area contributed by atoms with Crippen LogP contribution in [0, 0.1) is 0 Å². The summed E-state index contributed by atoms with van der Waals surface area (Å²) >= 11 is 0. The van der Waals surface area contributed by atoms with Crippen LogP contribution in [0.25, 0.3) is 0 Å². The van der Waals surface area contributed by atoms with E-state index in [4.69, 9.17) is 0 Å². The summed E-state index contributed by atoms with van der Waals surface area (Å²) in [6, 6.07) is 0. The largest absolute Gasteiger partial charge is 0.0991 e. The van der Waals surface area contributed by atoms with Crippen molar-refractivity contribution in [3.8, 4) is 0 Å². The van der Waals surface area contributed by atoms with E-state index in [0.29, 0.717) is 0 Å². The van der Waals surface area contributed by atoms with Crippen molar-refractivity contribution >= 4 is 0 Å². The van der Waals surface area contributed by atoms with E-state index in [1.807, 2.05) is 12.2 Å². The zero-order chi connectivity index (χ0) is 6.41. The van der Waals surface area contributed by atoms with Gasteiger partial charge in [0.25, 0.3) is 0 Å². The van der Waals surface area contributed by atoms with Crippen molar-refractivity contribution in [2.45, 2.75) is 13.3 Å². The zero-order valence-electron chi connectivity index (χ0n) is 5.35. The molecule has 0 nitrogen and oxygen atoms in total. The highest BCUT2D eigenvalue weighted by Crippen LogP contribution is 1.96. The molecule has 0 atom stereocenters. The molecule has 0 N–H and O–H groups in total. The Morgan fingerprint density at radius 1 is 1.62 bits per heavy atom. The minimum Gasteiger partial charge on any atom is -0.0991 e. The van der Waals surface area contributed by atoms with Crippen LogP contribution in [0.5, 0.6) is 0 Å². The standard InChI is InChI=1S/C8H12/c1-4-6-7-8(3)5-2/h4,6-7H,1,3,5H2,2H3/b7-6-. The lowest BCUT2D eigenvalue weighted by Gasteiger charge is -1.86. The van der Waals surface area contributed by atoms with E-state index in [9.17, 15) is 0 Å². The fourth-order valence-electron chi connectivity index (χ4n) is 0.322. The molecule has 0 rings (SSSR count).